The first-order valence-corrected chi connectivity index (χ1v) is 3.84. The predicted molar refractivity (Wildman–Crippen MR) is 32.9 cm³/mol. The van der Waals surface area contributed by atoms with Gasteiger partial charge < -0.3 is 5.11 Å². The Labute approximate surface area is 60.4 Å². The maximum Gasteiger partial charge on any atom is 0.326 e. The third-order valence-electron chi connectivity index (χ3n) is 0.932. The van der Waals surface area contributed by atoms with Gasteiger partial charge in [-0.25, -0.2) is 4.79 Å². The van der Waals surface area contributed by atoms with Crippen molar-refractivity contribution in [3.63, 3.8) is 0 Å². The Bertz CT molecular complexity index is 411. The minimum atomic E-state index is -4.55. The molecule has 0 aromatic carbocycles. The Kier molecular flexibility index (Phi) is 1.50. The van der Waals surface area contributed by atoms with E-state index < -0.39 is 26.7 Å². The highest BCUT2D eigenvalue weighted by atomic mass is 32.2. The van der Waals surface area contributed by atoms with Gasteiger partial charge in [0.15, 0.2) is 0 Å². The highest BCUT2D eigenvalue weighted by Gasteiger charge is 2.18. The fraction of sp³-hybridized carbons (Fsp3) is 0. The summed E-state index contributed by atoms with van der Waals surface area (Å²) in [6.45, 7) is 0. The first kappa shape index (κ1) is 7.82. The minimum Gasteiger partial charge on any atom is -0.492 e. The van der Waals surface area contributed by atoms with Gasteiger partial charge in [0.25, 0.3) is 0 Å². The molecule has 0 saturated heterocycles. The van der Waals surface area contributed by atoms with Crippen LogP contribution in [0.2, 0.25) is 0 Å². The number of aromatic nitrogens is 2. The molecule has 0 amide bonds. The lowest BCUT2D eigenvalue weighted by Crippen LogP contribution is -2.04. The van der Waals surface area contributed by atoms with Gasteiger partial charge in [-0.05, 0) is 0 Å². The van der Waals surface area contributed by atoms with E-state index in [0.29, 0.717) is 0 Å². The van der Waals surface area contributed by atoms with Crippen LogP contribution in [0.1, 0.15) is 0 Å². The summed E-state index contributed by atoms with van der Waals surface area (Å²) in [5.74, 6) is -0.905. The summed E-state index contributed by atoms with van der Waals surface area (Å²) in [4.78, 5) is 13.7. The molecule has 1 rings (SSSR count). The van der Waals surface area contributed by atoms with Crippen LogP contribution in [0.25, 0.3) is 0 Å². The fourth-order valence-corrected chi connectivity index (χ4v) is 1.06. The standard InChI is InChI=1S/C3H4N2O5S/c6-1-2(11(8,9)10)5-3(7)4-1/h6H,(H2,4,5,7)(H,8,9,10). The Morgan fingerprint density at radius 3 is 2.00 bits per heavy atom. The third kappa shape index (κ3) is 1.41. The molecule has 1 aromatic rings. The van der Waals surface area contributed by atoms with Crippen LogP contribution in [0, 0.1) is 0 Å². The van der Waals surface area contributed by atoms with E-state index in [1.54, 1.807) is 9.97 Å². The zero-order chi connectivity index (χ0) is 8.65. The van der Waals surface area contributed by atoms with E-state index in [0.717, 1.165) is 0 Å². The summed E-state index contributed by atoms with van der Waals surface area (Å²) in [5.41, 5.74) is -0.907. The van der Waals surface area contributed by atoms with Gasteiger partial charge in [0.05, 0.1) is 0 Å². The molecule has 0 aliphatic carbocycles. The van der Waals surface area contributed by atoms with Gasteiger partial charge >= 0.3 is 15.8 Å². The number of rotatable bonds is 1. The average Bonchev–Trinajstić information content (AvgIpc) is 2.08. The number of hydrogen-bond acceptors (Lipinski definition) is 4. The lowest BCUT2D eigenvalue weighted by molar-refractivity contribution is 0.427. The van der Waals surface area contributed by atoms with Crippen LogP contribution < -0.4 is 5.69 Å². The first-order valence-electron chi connectivity index (χ1n) is 2.40. The van der Waals surface area contributed by atoms with E-state index in [2.05, 4.69) is 0 Å². The van der Waals surface area contributed by atoms with Gasteiger partial charge in [0.1, 0.15) is 0 Å². The maximum atomic E-state index is 10.3. The lowest BCUT2D eigenvalue weighted by atomic mass is 10.9. The number of hydrogen-bond donors (Lipinski definition) is 4. The topological polar surface area (TPSA) is 123 Å². The van der Waals surface area contributed by atoms with Crippen molar-refractivity contribution in [2.24, 2.45) is 0 Å². The average molecular weight is 180 g/mol. The molecule has 62 valence electrons. The van der Waals surface area contributed by atoms with Gasteiger partial charge in [-0.3, -0.25) is 14.5 Å². The molecule has 7 nitrogen and oxygen atoms in total. The van der Waals surface area contributed by atoms with E-state index >= 15 is 0 Å². The van der Waals surface area contributed by atoms with Crippen LogP contribution >= 0.6 is 0 Å². The van der Waals surface area contributed by atoms with E-state index in [1.165, 1.54) is 0 Å². The Hall–Kier alpha value is -1.28. The first-order chi connectivity index (χ1) is 4.91. The molecule has 0 atom stereocenters. The van der Waals surface area contributed by atoms with E-state index in [-0.39, 0.29) is 0 Å². The largest absolute Gasteiger partial charge is 0.492 e. The highest BCUT2D eigenvalue weighted by Crippen LogP contribution is 2.12. The normalized spacial score (nSPS) is 11.7. The highest BCUT2D eigenvalue weighted by molar-refractivity contribution is 7.85. The molecule has 0 aliphatic heterocycles. The molecule has 0 radical (unpaired) electrons. The van der Waals surface area contributed by atoms with Crippen LogP contribution in [-0.2, 0) is 10.1 Å². The quantitative estimate of drug-likeness (QED) is 0.398. The lowest BCUT2D eigenvalue weighted by Gasteiger charge is -1.89. The molecular formula is C3H4N2O5S. The second-order valence-corrected chi connectivity index (χ2v) is 3.09. The third-order valence-corrected chi connectivity index (χ3v) is 1.74. The summed E-state index contributed by atoms with van der Waals surface area (Å²) in [5, 5.41) is 7.71. The second-order valence-electron chi connectivity index (χ2n) is 1.73. The number of aromatic amines is 2. The van der Waals surface area contributed by atoms with Gasteiger partial charge in [0.2, 0.25) is 10.9 Å². The zero-order valence-electron chi connectivity index (χ0n) is 5.03. The van der Waals surface area contributed by atoms with Crippen molar-refractivity contribution in [1.29, 1.82) is 0 Å². The van der Waals surface area contributed by atoms with Gasteiger partial charge in [-0.1, -0.05) is 0 Å². The molecule has 0 unspecified atom stereocenters. The molecule has 1 heterocycles. The SMILES string of the molecule is O=c1[nH]c(O)c(S(=O)(=O)O)[nH]1. The van der Waals surface area contributed by atoms with Crippen molar-refractivity contribution in [2.45, 2.75) is 5.03 Å². The van der Waals surface area contributed by atoms with Gasteiger partial charge in [-0.15, -0.1) is 0 Å². The number of imidazole rings is 1. The van der Waals surface area contributed by atoms with Crippen molar-refractivity contribution in [3.05, 3.63) is 10.5 Å². The minimum absolute atomic E-state index is 0.905. The second kappa shape index (κ2) is 2.10. The van der Waals surface area contributed by atoms with E-state index in [4.69, 9.17) is 9.66 Å². The Balaban J connectivity index is 3.48. The molecule has 8 heteroatoms. The van der Waals surface area contributed by atoms with Crippen LogP contribution in [0.3, 0.4) is 0 Å². The molecular weight excluding hydrogens is 176 g/mol. The van der Waals surface area contributed by atoms with Crippen molar-refractivity contribution >= 4 is 10.1 Å². The maximum absolute atomic E-state index is 10.3. The van der Waals surface area contributed by atoms with Gasteiger partial charge in [0, 0.05) is 0 Å². The summed E-state index contributed by atoms with van der Waals surface area (Å²) in [7, 11) is -4.55. The number of H-pyrrole nitrogens is 2. The van der Waals surface area contributed by atoms with Crippen LogP contribution in [0.5, 0.6) is 5.88 Å². The molecule has 0 aliphatic rings. The molecule has 0 spiro atoms. The van der Waals surface area contributed by atoms with E-state index in [1.807, 2.05) is 0 Å². The van der Waals surface area contributed by atoms with Crippen molar-refractivity contribution in [1.82, 2.24) is 9.97 Å². The smallest absolute Gasteiger partial charge is 0.326 e. The number of aromatic hydroxyl groups is 1. The van der Waals surface area contributed by atoms with E-state index in [9.17, 15) is 13.2 Å². The van der Waals surface area contributed by atoms with Crippen LogP contribution in [0.4, 0.5) is 0 Å². The summed E-state index contributed by atoms with van der Waals surface area (Å²) < 4.78 is 28.9. The monoisotopic (exact) mass is 180 g/mol. The van der Waals surface area contributed by atoms with Crippen molar-refractivity contribution in [2.75, 3.05) is 0 Å². The van der Waals surface area contributed by atoms with Gasteiger partial charge in [-0.2, -0.15) is 8.42 Å². The van der Waals surface area contributed by atoms with Crippen LogP contribution in [0.15, 0.2) is 9.82 Å². The summed E-state index contributed by atoms with van der Waals surface area (Å²) in [6.07, 6.45) is 0. The summed E-state index contributed by atoms with van der Waals surface area (Å²) >= 11 is 0. The Morgan fingerprint density at radius 1 is 1.27 bits per heavy atom. The Morgan fingerprint density at radius 2 is 1.82 bits per heavy atom. The van der Waals surface area contributed by atoms with Crippen molar-refractivity contribution in [3.8, 4) is 5.88 Å². The predicted octanol–water partition coefficient (Wildman–Crippen LogP) is -1.34. The van der Waals surface area contributed by atoms with Crippen LogP contribution in [-0.4, -0.2) is 28.0 Å². The molecule has 0 bridgehead atoms. The molecule has 0 fully saturated rings. The zero-order valence-corrected chi connectivity index (χ0v) is 5.84. The summed E-state index contributed by atoms with van der Waals surface area (Å²) in [6, 6.07) is 0. The molecule has 0 saturated carbocycles. The van der Waals surface area contributed by atoms with Crippen molar-refractivity contribution < 1.29 is 18.1 Å². The fourth-order valence-electron chi connectivity index (χ4n) is 0.545. The molecule has 11 heavy (non-hydrogen) atoms. The molecule has 1 aromatic heterocycles. The molecule has 4 N–H and O–H groups in total. The number of nitrogens with one attached hydrogen (secondary N) is 2.